The highest BCUT2D eigenvalue weighted by Gasteiger charge is 2.41. The number of rotatable bonds is 5. The molecule has 8 nitrogen and oxygen atoms in total. The van der Waals surface area contributed by atoms with Crippen LogP contribution in [0.4, 0.5) is 5.13 Å². The van der Waals surface area contributed by atoms with Crippen LogP contribution in [-0.2, 0) is 18.3 Å². The van der Waals surface area contributed by atoms with Crippen LogP contribution in [0.1, 0.15) is 53.9 Å². The second-order valence-corrected chi connectivity index (χ2v) is 8.75. The van der Waals surface area contributed by atoms with Gasteiger partial charge < -0.3 is 16.0 Å². The molecule has 2 saturated heterocycles. The topological polar surface area (TPSA) is 106 Å². The highest BCUT2D eigenvalue weighted by molar-refractivity contribution is 7.17. The highest BCUT2D eigenvalue weighted by atomic mass is 32.1. The van der Waals surface area contributed by atoms with E-state index in [1.807, 2.05) is 17.8 Å². The predicted molar refractivity (Wildman–Crippen MR) is 107 cm³/mol. The Hall–Kier alpha value is -2.42. The first kappa shape index (κ1) is 18.9. The van der Waals surface area contributed by atoms with Crippen molar-refractivity contribution in [2.75, 3.05) is 5.73 Å². The largest absolute Gasteiger partial charge is 0.375 e. The van der Waals surface area contributed by atoms with Crippen molar-refractivity contribution in [2.24, 2.45) is 7.05 Å². The van der Waals surface area contributed by atoms with E-state index in [1.54, 1.807) is 6.20 Å². The lowest BCUT2D eigenvalue weighted by Crippen LogP contribution is -2.58. The van der Waals surface area contributed by atoms with Crippen molar-refractivity contribution < 1.29 is 9.59 Å². The van der Waals surface area contributed by atoms with Crippen LogP contribution in [0.5, 0.6) is 0 Å². The molecule has 2 aliphatic heterocycles. The lowest BCUT2D eigenvalue weighted by atomic mass is 9.81. The van der Waals surface area contributed by atoms with Gasteiger partial charge in [0.25, 0.3) is 5.91 Å². The number of hydrogen-bond acceptors (Lipinski definition) is 6. The van der Waals surface area contributed by atoms with Crippen molar-refractivity contribution in [3.63, 3.8) is 0 Å². The van der Waals surface area contributed by atoms with Gasteiger partial charge in [0.1, 0.15) is 4.88 Å². The number of hydrogen-bond donors (Lipinski definition) is 2. The fraction of sp³-hybridized carbons (Fsp3) is 0.579. The van der Waals surface area contributed by atoms with E-state index in [2.05, 4.69) is 20.3 Å². The van der Waals surface area contributed by atoms with Crippen molar-refractivity contribution >= 4 is 28.3 Å². The summed E-state index contributed by atoms with van der Waals surface area (Å²) >= 11 is 1.20. The summed E-state index contributed by atoms with van der Waals surface area (Å²) in [6, 6.07) is 2.47. The summed E-state index contributed by atoms with van der Waals surface area (Å²) in [5.74, 6) is 0.101. The lowest BCUT2D eigenvalue weighted by Gasteiger charge is -2.49. The Morgan fingerprint density at radius 1 is 1.32 bits per heavy atom. The molecule has 0 aliphatic carbocycles. The Morgan fingerprint density at radius 3 is 2.68 bits per heavy atom. The highest BCUT2D eigenvalue weighted by Crippen LogP contribution is 2.35. The first-order valence-electron chi connectivity index (χ1n) is 9.81. The van der Waals surface area contributed by atoms with E-state index in [0.717, 1.165) is 37.8 Å². The van der Waals surface area contributed by atoms with Gasteiger partial charge in [0.2, 0.25) is 5.91 Å². The number of carbonyl (C=O) groups excluding carboxylic acids is 2. The molecule has 28 heavy (non-hydrogen) atoms. The standard InChI is InChI=1S/C19H26N6O2S/c1-24-13(7-8-22-24)5-6-17(26)25-14-3-2-4-15(25)10-12(9-14)23-18(27)16-11-21-19(20)28-16/h7-8,11-12,14-15H,2-6,9-10H2,1H3,(H2,20,21)(H,23,27)/t12?,14-,15+. The van der Waals surface area contributed by atoms with Gasteiger partial charge >= 0.3 is 0 Å². The number of nitrogens with one attached hydrogen (secondary N) is 1. The second kappa shape index (κ2) is 7.90. The molecule has 150 valence electrons. The summed E-state index contributed by atoms with van der Waals surface area (Å²) in [5, 5.41) is 7.69. The van der Waals surface area contributed by atoms with Crippen molar-refractivity contribution in [1.82, 2.24) is 25.0 Å². The lowest BCUT2D eigenvalue weighted by molar-refractivity contribution is -0.141. The quantitative estimate of drug-likeness (QED) is 0.792. The third-order valence-electron chi connectivity index (χ3n) is 5.86. The molecule has 4 rings (SSSR count). The number of amides is 2. The fourth-order valence-electron chi connectivity index (χ4n) is 4.57. The normalized spacial score (nSPS) is 24.2. The van der Waals surface area contributed by atoms with Gasteiger partial charge in [0, 0.05) is 43.5 Å². The molecule has 2 aromatic heterocycles. The Balaban J connectivity index is 1.37. The Morgan fingerprint density at radius 2 is 2.07 bits per heavy atom. The minimum absolute atomic E-state index is 0.0900. The maximum atomic E-state index is 13.0. The fourth-order valence-corrected chi connectivity index (χ4v) is 5.15. The molecule has 1 unspecified atom stereocenters. The van der Waals surface area contributed by atoms with Crippen LogP contribution in [0.2, 0.25) is 0 Å². The number of aryl methyl sites for hydroxylation is 2. The molecule has 2 fully saturated rings. The van der Waals surface area contributed by atoms with Crippen molar-refractivity contribution in [1.29, 1.82) is 0 Å². The molecular weight excluding hydrogens is 376 g/mol. The molecule has 0 radical (unpaired) electrons. The minimum atomic E-state index is -0.117. The summed E-state index contributed by atoms with van der Waals surface area (Å²) in [4.78, 5) is 32.0. The Kier molecular flexibility index (Phi) is 5.34. The molecule has 0 spiro atoms. The maximum Gasteiger partial charge on any atom is 0.263 e. The van der Waals surface area contributed by atoms with Crippen LogP contribution >= 0.6 is 11.3 Å². The molecule has 3 N–H and O–H groups in total. The van der Waals surface area contributed by atoms with Gasteiger partial charge in [-0.3, -0.25) is 14.3 Å². The van der Waals surface area contributed by atoms with Gasteiger partial charge in [0.15, 0.2) is 5.13 Å². The molecule has 0 saturated carbocycles. The maximum absolute atomic E-state index is 13.0. The van der Waals surface area contributed by atoms with E-state index in [4.69, 9.17) is 5.73 Å². The zero-order valence-electron chi connectivity index (χ0n) is 16.0. The number of nitrogen functional groups attached to an aromatic ring is 1. The molecule has 2 bridgehead atoms. The molecule has 0 aromatic carbocycles. The van der Waals surface area contributed by atoms with E-state index in [1.165, 1.54) is 17.5 Å². The number of carbonyl (C=O) groups is 2. The first-order valence-corrected chi connectivity index (χ1v) is 10.6. The van der Waals surface area contributed by atoms with Gasteiger partial charge in [-0.15, -0.1) is 0 Å². The smallest absolute Gasteiger partial charge is 0.263 e. The van der Waals surface area contributed by atoms with Gasteiger partial charge in [-0.05, 0) is 44.6 Å². The van der Waals surface area contributed by atoms with Crippen LogP contribution in [-0.4, -0.2) is 49.6 Å². The number of aromatic nitrogens is 3. The average Bonchev–Trinajstić information content (AvgIpc) is 3.27. The van der Waals surface area contributed by atoms with Crippen LogP contribution in [0.3, 0.4) is 0 Å². The third kappa shape index (κ3) is 3.89. The Labute approximate surface area is 168 Å². The van der Waals surface area contributed by atoms with Crippen molar-refractivity contribution in [3.8, 4) is 0 Å². The monoisotopic (exact) mass is 402 g/mol. The zero-order valence-corrected chi connectivity index (χ0v) is 16.8. The van der Waals surface area contributed by atoms with E-state index in [9.17, 15) is 9.59 Å². The van der Waals surface area contributed by atoms with Gasteiger partial charge in [-0.1, -0.05) is 11.3 Å². The second-order valence-electron chi connectivity index (χ2n) is 7.69. The van der Waals surface area contributed by atoms with Gasteiger partial charge in [0.05, 0.1) is 6.20 Å². The molecule has 2 aromatic rings. The number of nitrogens with zero attached hydrogens (tertiary/aromatic N) is 4. The third-order valence-corrected chi connectivity index (χ3v) is 6.69. The van der Waals surface area contributed by atoms with Crippen molar-refractivity contribution in [2.45, 2.75) is 63.1 Å². The summed E-state index contributed by atoms with van der Waals surface area (Å²) in [6.07, 6.45) is 9.28. The van der Waals surface area contributed by atoms with E-state index in [0.29, 0.717) is 22.9 Å². The van der Waals surface area contributed by atoms with Crippen molar-refractivity contribution in [3.05, 3.63) is 29.0 Å². The number of fused-ring (bicyclic) bond motifs is 2. The number of piperidine rings is 2. The van der Waals surface area contributed by atoms with E-state index >= 15 is 0 Å². The van der Waals surface area contributed by atoms with Crippen LogP contribution in [0, 0.1) is 0 Å². The van der Waals surface area contributed by atoms with Crippen LogP contribution < -0.4 is 11.1 Å². The molecule has 9 heteroatoms. The molecule has 2 aliphatic rings. The van der Waals surface area contributed by atoms with Gasteiger partial charge in [-0.25, -0.2) is 4.98 Å². The van der Waals surface area contributed by atoms with Crippen LogP contribution in [0.15, 0.2) is 18.5 Å². The number of anilines is 1. The predicted octanol–water partition coefficient (Wildman–Crippen LogP) is 1.73. The molecule has 2 amide bonds. The van der Waals surface area contributed by atoms with E-state index < -0.39 is 0 Å². The summed E-state index contributed by atoms with van der Waals surface area (Å²) in [6.45, 7) is 0. The summed E-state index contributed by atoms with van der Waals surface area (Å²) < 4.78 is 1.82. The molecular formula is C19H26N6O2S. The van der Waals surface area contributed by atoms with E-state index in [-0.39, 0.29) is 29.9 Å². The van der Waals surface area contributed by atoms with Crippen LogP contribution in [0.25, 0.3) is 0 Å². The van der Waals surface area contributed by atoms with Gasteiger partial charge in [-0.2, -0.15) is 5.10 Å². The summed E-state index contributed by atoms with van der Waals surface area (Å²) in [5.41, 5.74) is 6.70. The minimum Gasteiger partial charge on any atom is -0.375 e. The zero-order chi connectivity index (χ0) is 19.7. The number of nitrogens with two attached hydrogens (primary N) is 1. The average molecular weight is 403 g/mol. The summed E-state index contributed by atoms with van der Waals surface area (Å²) in [7, 11) is 1.90. The Bertz CT molecular complexity index is 848. The molecule has 4 heterocycles. The SMILES string of the molecule is Cn1nccc1CCC(=O)N1[C@@H]2CCC[C@H]1CC(NC(=O)c1cnc(N)s1)C2. The number of thiazole rings is 1. The first-order chi connectivity index (χ1) is 13.5. The molecule has 3 atom stereocenters.